The average Bonchev–Trinajstić information content (AvgIpc) is 2.97. The number of Topliss-reactive ketones (excluding diaryl/α,β-unsaturated/α-hetero) is 1. The van der Waals surface area contributed by atoms with E-state index in [1.54, 1.807) is 12.3 Å². The third-order valence-electron chi connectivity index (χ3n) is 6.30. The molecule has 1 saturated carbocycles. The van der Waals surface area contributed by atoms with Crippen LogP contribution in [-0.2, 0) is 4.79 Å². The first-order chi connectivity index (χ1) is 13.5. The van der Waals surface area contributed by atoms with Gasteiger partial charge >= 0.3 is 0 Å². The van der Waals surface area contributed by atoms with E-state index in [1.807, 2.05) is 43.0 Å². The minimum Gasteiger partial charge on any atom is -0.312 e. The van der Waals surface area contributed by atoms with E-state index in [0.29, 0.717) is 12.1 Å². The Morgan fingerprint density at radius 3 is 2.86 bits per heavy atom. The van der Waals surface area contributed by atoms with Crippen LogP contribution in [0.3, 0.4) is 0 Å². The summed E-state index contributed by atoms with van der Waals surface area (Å²) in [5.74, 6) is 0.577. The van der Waals surface area contributed by atoms with E-state index >= 15 is 0 Å². The summed E-state index contributed by atoms with van der Waals surface area (Å²) in [5.41, 5.74) is 2.97. The van der Waals surface area contributed by atoms with Crippen LogP contribution < -0.4 is 4.90 Å². The Hall–Kier alpha value is -2.56. The number of carbonyl (C=O) groups excluding carboxylic acids is 2. The van der Waals surface area contributed by atoms with Crippen LogP contribution in [0.25, 0.3) is 0 Å². The molecule has 3 heterocycles. The maximum Gasteiger partial charge on any atom is 0.233 e. The predicted octanol–water partition coefficient (Wildman–Crippen LogP) is 4.28. The van der Waals surface area contributed by atoms with Crippen molar-refractivity contribution in [3.63, 3.8) is 0 Å². The Morgan fingerprint density at radius 1 is 1.21 bits per heavy atom. The number of anilines is 1. The summed E-state index contributed by atoms with van der Waals surface area (Å²) in [6.45, 7) is 4.60. The SMILES string of the molecule is Cc1cc(N2CC[C@]3(CCC[C@H](CC(=O)c4cccc(C)n4)C3)C2=O)ccn1. The summed E-state index contributed by atoms with van der Waals surface area (Å²) >= 11 is 0. The van der Waals surface area contributed by atoms with Gasteiger partial charge in [0.1, 0.15) is 5.69 Å². The van der Waals surface area contributed by atoms with Crippen molar-refractivity contribution in [2.45, 2.75) is 52.4 Å². The molecule has 2 atom stereocenters. The van der Waals surface area contributed by atoms with Crippen LogP contribution in [0.4, 0.5) is 5.69 Å². The zero-order valence-electron chi connectivity index (χ0n) is 16.6. The number of hydrogen-bond acceptors (Lipinski definition) is 4. The van der Waals surface area contributed by atoms with Gasteiger partial charge in [0.15, 0.2) is 5.78 Å². The number of pyridine rings is 2. The van der Waals surface area contributed by atoms with Crippen molar-refractivity contribution in [3.8, 4) is 0 Å². The first-order valence-corrected chi connectivity index (χ1v) is 10.2. The van der Waals surface area contributed by atoms with E-state index in [0.717, 1.165) is 55.7 Å². The quantitative estimate of drug-likeness (QED) is 0.746. The number of carbonyl (C=O) groups is 2. The minimum atomic E-state index is -0.305. The van der Waals surface area contributed by atoms with Crippen LogP contribution in [0.15, 0.2) is 36.5 Å². The van der Waals surface area contributed by atoms with E-state index in [4.69, 9.17) is 0 Å². The molecule has 1 amide bonds. The zero-order valence-corrected chi connectivity index (χ0v) is 16.6. The highest BCUT2D eigenvalue weighted by molar-refractivity contribution is 6.00. The maximum absolute atomic E-state index is 13.3. The first kappa shape index (κ1) is 18.8. The third kappa shape index (κ3) is 3.58. The van der Waals surface area contributed by atoms with Crippen LogP contribution in [0.1, 0.15) is 60.4 Å². The molecule has 2 fully saturated rings. The summed E-state index contributed by atoms with van der Waals surface area (Å²) in [4.78, 5) is 36.6. The van der Waals surface area contributed by atoms with E-state index in [1.165, 1.54) is 0 Å². The van der Waals surface area contributed by atoms with Gasteiger partial charge in [-0.2, -0.15) is 0 Å². The molecule has 0 N–H and O–H groups in total. The summed E-state index contributed by atoms with van der Waals surface area (Å²) in [6.07, 6.45) is 6.89. The maximum atomic E-state index is 13.3. The van der Waals surface area contributed by atoms with E-state index < -0.39 is 0 Å². The van der Waals surface area contributed by atoms with Crippen LogP contribution >= 0.6 is 0 Å². The first-order valence-electron chi connectivity index (χ1n) is 10.2. The normalized spacial score (nSPS) is 24.7. The second-order valence-corrected chi connectivity index (χ2v) is 8.40. The lowest BCUT2D eigenvalue weighted by atomic mass is 9.67. The van der Waals surface area contributed by atoms with Crippen molar-refractivity contribution < 1.29 is 9.59 Å². The molecule has 5 heteroatoms. The molecule has 1 spiro atoms. The molecule has 4 rings (SSSR count). The number of hydrogen-bond donors (Lipinski definition) is 0. The lowest BCUT2D eigenvalue weighted by molar-refractivity contribution is -0.128. The van der Waals surface area contributed by atoms with Gasteiger partial charge in [0.2, 0.25) is 5.91 Å². The average molecular weight is 377 g/mol. The van der Waals surface area contributed by atoms with Crippen LogP contribution in [0, 0.1) is 25.2 Å². The van der Waals surface area contributed by atoms with Gasteiger partial charge in [-0.1, -0.05) is 12.5 Å². The molecule has 0 unspecified atom stereocenters. The second-order valence-electron chi connectivity index (χ2n) is 8.40. The Kier molecular flexibility index (Phi) is 5.00. The highest BCUT2D eigenvalue weighted by Crippen LogP contribution is 2.48. The minimum absolute atomic E-state index is 0.0952. The Balaban J connectivity index is 1.47. The smallest absolute Gasteiger partial charge is 0.233 e. The van der Waals surface area contributed by atoms with Gasteiger partial charge in [-0.05, 0) is 69.7 Å². The number of ketones is 1. The Morgan fingerprint density at radius 2 is 2.07 bits per heavy atom. The Bertz CT molecular complexity index is 910. The monoisotopic (exact) mass is 377 g/mol. The van der Waals surface area contributed by atoms with Crippen LogP contribution in [-0.4, -0.2) is 28.2 Å². The van der Waals surface area contributed by atoms with Crippen LogP contribution in [0.5, 0.6) is 0 Å². The highest BCUT2D eigenvalue weighted by Gasteiger charge is 2.49. The number of rotatable bonds is 4. The third-order valence-corrected chi connectivity index (χ3v) is 6.30. The molecule has 2 aromatic heterocycles. The highest BCUT2D eigenvalue weighted by atomic mass is 16.2. The van der Waals surface area contributed by atoms with Crippen molar-refractivity contribution in [1.29, 1.82) is 0 Å². The van der Waals surface area contributed by atoms with Gasteiger partial charge in [-0.3, -0.25) is 19.6 Å². The lowest BCUT2D eigenvalue weighted by Gasteiger charge is -2.36. The van der Waals surface area contributed by atoms with Crippen molar-refractivity contribution in [1.82, 2.24) is 9.97 Å². The van der Waals surface area contributed by atoms with Crippen LogP contribution in [0.2, 0.25) is 0 Å². The summed E-state index contributed by atoms with van der Waals surface area (Å²) in [7, 11) is 0. The molecule has 1 saturated heterocycles. The summed E-state index contributed by atoms with van der Waals surface area (Å²) < 4.78 is 0. The summed E-state index contributed by atoms with van der Waals surface area (Å²) in [6, 6.07) is 9.47. The Labute approximate surface area is 166 Å². The largest absolute Gasteiger partial charge is 0.312 e. The molecule has 1 aliphatic carbocycles. The fraction of sp³-hybridized carbons (Fsp3) is 0.478. The van der Waals surface area contributed by atoms with Gasteiger partial charge in [-0.25, -0.2) is 0 Å². The summed E-state index contributed by atoms with van der Waals surface area (Å²) in [5, 5.41) is 0. The molecule has 0 radical (unpaired) electrons. The standard InChI is InChI=1S/C23H27N3O2/c1-16-5-3-7-20(25-16)21(27)14-18-6-4-9-23(15-18)10-12-26(22(23)28)19-8-11-24-17(2)13-19/h3,5,7-8,11,13,18H,4,6,9-10,12,14-15H2,1-2H3/t18-,23+/m1/s1. The molecule has 1 aliphatic heterocycles. The van der Waals surface area contributed by atoms with E-state index in [9.17, 15) is 9.59 Å². The molecule has 146 valence electrons. The lowest BCUT2D eigenvalue weighted by Crippen LogP contribution is -2.38. The molecule has 2 aliphatic rings. The predicted molar refractivity (Wildman–Crippen MR) is 108 cm³/mol. The fourth-order valence-corrected chi connectivity index (χ4v) is 4.91. The van der Waals surface area contributed by atoms with Gasteiger partial charge in [0, 0.05) is 36.2 Å². The van der Waals surface area contributed by atoms with Gasteiger partial charge in [0.05, 0.1) is 5.41 Å². The number of nitrogens with zero attached hydrogens (tertiary/aromatic N) is 3. The molecular formula is C23H27N3O2. The molecule has 28 heavy (non-hydrogen) atoms. The topological polar surface area (TPSA) is 63.2 Å². The van der Waals surface area contributed by atoms with Crippen molar-refractivity contribution in [3.05, 3.63) is 53.6 Å². The van der Waals surface area contributed by atoms with Gasteiger partial charge in [-0.15, -0.1) is 0 Å². The second kappa shape index (κ2) is 7.46. The number of aromatic nitrogens is 2. The van der Waals surface area contributed by atoms with E-state index in [-0.39, 0.29) is 23.0 Å². The van der Waals surface area contributed by atoms with Crippen molar-refractivity contribution in [2.75, 3.05) is 11.4 Å². The zero-order chi connectivity index (χ0) is 19.7. The number of amides is 1. The molecule has 0 aromatic carbocycles. The fourth-order valence-electron chi connectivity index (χ4n) is 4.91. The molecule has 5 nitrogen and oxygen atoms in total. The van der Waals surface area contributed by atoms with Gasteiger partial charge < -0.3 is 4.90 Å². The van der Waals surface area contributed by atoms with E-state index in [2.05, 4.69) is 9.97 Å². The molecule has 2 aromatic rings. The van der Waals surface area contributed by atoms with Gasteiger partial charge in [0.25, 0.3) is 0 Å². The number of aryl methyl sites for hydroxylation is 2. The molecular weight excluding hydrogens is 350 g/mol. The van der Waals surface area contributed by atoms with Crippen molar-refractivity contribution in [2.24, 2.45) is 11.3 Å². The van der Waals surface area contributed by atoms with Crippen molar-refractivity contribution >= 4 is 17.4 Å². The molecule has 0 bridgehead atoms.